The molecule has 2 rings (SSSR count). The van der Waals surface area contributed by atoms with Crippen molar-refractivity contribution < 1.29 is 23.5 Å². The number of ether oxygens (including phenoxy) is 1. The zero-order valence-corrected chi connectivity index (χ0v) is 15.3. The van der Waals surface area contributed by atoms with Gasteiger partial charge in [-0.25, -0.2) is 4.39 Å². The van der Waals surface area contributed by atoms with E-state index in [1.807, 2.05) is 5.38 Å². The van der Waals surface area contributed by atoms with E-state index >= 15 is 0 Å². The number of anilines is 1. The lowest BCUT2D eigenvalue weighted by molar-refractivity contribution is -0.147. The van der Waals surface area contributed by atoms with Gasteiger partial charge in [0, 0.05) is 17.5 Å². The second-order valence-electron chi connectivity index (χ2n) is 5.31. The summed E-state index contributed by atoms with van der Waals surface area (Å²) in [6, 6.07) is 6.79. The second-order valence-corrected chi connectivity index (χ2v) is 6.70. The summed E-state index contributed by atoms with van der Waals surface area (Å²) in [4.78, 5) is 35.9. The molecule has 0 saturated heterocycles. The number of halogens is 2. The van der Waals surface area contributed by atoms with E-state index in [4.69, 9.17) is 16.3 Å². The first kappa shape index (κ1) is 19.9. The number of hydrogen-bond acceptors (Lipinski definition) is 5. The predicted octanol–water partition coefficient (Wildman–Crippen LogP) is 3.29. The Morgan fingerprint density at radius 2 is 2.08 bits per heavy atom. The average Bonchev–Trinajstić information content (AvgIpc) is 3.10. The maximum absolute atomic E-state index is 13.1. The van der Waals surface area contributed by atoms with Crippen molar-refractivity contribution in [2.75, 3.05) is 11.9 Å². The average molecular weight is 399 g/mol. The molecular weight excluding hydrogens is 383 g/mol. The first-order valence-electron chi connectivity index (χ1n) is 7.56. The number of benzene rings is 1. The zero-order valence-electron chi connectivity index (χ0n) is 13.8. The molecular formula is C17H16ClFN2O4S. The molecule has 1 atom stereocenters. The Kier molecular flexibility index (Phi) is 7.11. The molecule has 2 amide bonds. The van der Waals surface area contributed by atoms with Crippen LogP contribution in [0.3, 0.4) is 0 Å². The van der Waals surface area contributed by atoms with Crippen LogP contribution in [0, 0.1) is 5.82 Å². The van der Waals surface area contributed by atoms with E-state index in [0.717, 1.165) is 10.9 Å². The summed E-state index contributed by atoms with van der Waals surface area (Å²) >= 11 is 7.03. The molecule has 2 N–H and O–H groups in total. The molecule has 6 nitrogen and oxygen atoms in total. The fourth-order valence-corrected chi connectivity index (χ4v) is 3.06. The van der Waals surface area contributed by atoms with Gasteiger partial charge in [0.2, 0.25) is 5.91 Å². The largest absolute Gasteiger partial charge is 0.455 e. The Bertz CT molecular complexity index is 798. The van der Waals surface area contributed by atoms with Gasteiger partial charge < -0.3 is 15.4 Å². The number of carbonyl (C=O) groups excluding carboxylic acids is 3. The van der Waals surface area contributed by atoms with Gasteiger partial charge in [-0.1, -0.05) is 17.7 Å². The van der Waals surface area contributed by atoms with Crippen LogP contribution in [-0.4, -0.2) is 24.4 Å². The highest BCUT2D eigenvalue weighted by atomic mass is 35.5. The van der Waals surface area contributed by atoms with E-state index in [1.54, 1.807) is 12.1 Å². The normalized spacial score (nSPS) is 11.5. The highest BCUT2D eigenvalue weighted by molar-refractivity contribution is 7.10. The van der Waals surface area contributed by atoms with Gasteiger partial charge in [0.15, 0.2) is 6.61 Å². The Morgan fingerprint density at radius 1 is 1.31 bits per heavy atom. The van der Waals surface area contributed by atoms with Gasteiger partial charge >= 0.3 is 5.97 Å². The monoisotopic (exact) mass is 398 g/mol. The van der Waals surface area contributed by atoms with Crippen LogP contribution in [0.4, 0.5) is 10.1 Å². The van der Waals surface area contributed by atoms with Crippen LogP contribution in [-0.2, 0) is 19.1 Å². The maximum atomic E-state index is 13.1. The van der Waals surface area contributed by atoms with Crippen molar-refractivity contribution in [3.8, 4) is 0 Å². The standard InChI is InChI=1S/C17H16ClFN2O4S/c1-10(22)20-14(15-3-2-6-26-15)8-17(24)25-9-16(23)21-11-4-5-13(19)12(18)7-11/h2-7,14H,8-9H2,1H3,(H,20,22)(H,21,23). The molecule has 0 saturated carbocycles. The molecule has 0 aliphatic rings. The summed E-state index contributed by atoms with van der Waals surface area (Å²) in [5.41, 5.74) is 0.284. The number of nitrogens with one attached hydrogen (secondary N) is 2. The van der Waals surface area contributed by atoms with Gasteiger partial charge in [-0.2, -0.15) is 0 Å². The molecule has 0 spiro atoms. The summed E-state index contributed by atoms with van der Waals surface area (Å²) < 4.78 is 18.0. The molecule has 0 aliphatic carbocycles. The summed E-state index contributed by atoms with van der Waals surface area (Å²) in [6.07, 6.45) is -0.101. The van der Waals surface area contributed by atoms with Crippen molar-refractivity contribution in [2.45, 2.75) is 19.4 Å². The third-order valence-electron chi connectivity index (χ3n) is 3.20. The summed E-state index contributed by atoms with van der Waals surface area (Å²) in [5, 5.41) is 6.82. The number of rotatable bonds is 7. The molecule has 0 bridgehead atoms. The van der Waals surface area contributed by atoms with E-state index in [1.165, 1.54) is 30.4 Å². The van der Waals surface area contributed by atoms with Crippen LogP contribution >= 0.6 is 22.9 Å². The molecule has 0 radical (unpaired) electrons. The number of esters is 1. The highest BCUT2D eigenvalue weighted by Crippen LogP contribution is 2.22. The van der Waals surface area contributed by atoms with Crippen molar-refractivity contribution in [2.24, 2.45) is 0 Å². The third-order valence-corrected chi connectivity index (χ3v) is 4.48. The van der Waals surface area contributed by atoms with Crippen LogP contribution < -0.4 is 10.6 Å². The molecule has 1 aromatic heterocycles. The number of carbonyl (C=O) groups is 3. The van der Waals surface area contributed by atoms with Gasteiger partial charge in [-0.15, -0.1) is 11.3 Å². The van der Waals surface area contributed by atoms with E-state index in [-0.39, 0.29) is 23.0 Å². The molecule has 0 fully saturated rings. The van der Waals surface area contributed by atoms with Crippen molar-refractivity contribution in [3.63, 3.8) is 0 Å². The Morgan fingerprint density at radius 3 is 2.69 bits per heavy atom. The molecule has 26 heavy (non-hydrogen) atoms. The van der Waals surface area contributed by atoms with Crippen LogP contribution in [0.2, 0.25) is 5.02 Å². The minimum Gasteiger partial charge on any atom is -0.455 e. The lowest BCUT2D eigenvalue weighted by Gasteiger charge is -2.15. The van der Waals surface area contributed by atoms with Gasteiger partial charge in [-0.05, 0) is 29.6 Å². The van der Waals surface area contributed by atoms with Crippen molar-refractivity contribution in [1.29, 1.82) is 0 Å². The van der Waals surface area contributed by atoms with Crippen molar-refractivity contribution in [1.82, 2.24) is 5.32 Å². The molecule has 138 valence electrons. The Hall–Kier alpha value is -2.45. The molecule has 0 aliphatic heterocycles. The third kappa shape index (κ3) is 6.12. The van der Waals surface area contributed by atoms with E-state index in [0.29, 0.717) is 0 Å². The quantitative estimate of drug-likeness (QED) is 0.701. The maximum Gasteiger partial charge on any atom is 0.308 e. The zero-order chi connectivity index (χ0) is 19.1. The SMILES string of the molecule is CC(=O)NC(CC(=O)OCC(=O)Nc1ccc(F)c(Cl)c1)c1cccs1. The number of thiophene rings is 1. The first-order valence-corrected chi connectivity index (χ1v) is 8.82. The lowest BCUT2D eigenvalue weighted by Crippen LogP contribution is -2.29. The molecule has 9 heteroatoms. The van der Waals surface area contributed by atoms with Crippen LogP contribution in [0.15, 0.2) is 35.7 Å². The fourth-order valence-electron chi connectivity index (χ4n) is 2.10. The van der Waals surface area contributed by atoms with Gasteiger partial charge in [0.25, 0.3) is 5.91 Å². The summed E-state index contributed by atoms with van der Waals surface area (Å²) in [7, 11) is 0. The second kappa shape index (κ2) is 9.30. The van der Waals surface area contributed by atoms with Gasteiger partial charge in [-0.3, -0.25) is 14.4 Å². The van der Waals surface area contributed by atoms with Crippen LogP contribution in [0.25, 0.3) is 0 Å². The highest BCUT2D eigenvalue weighted by Gasteiger charge is 2.19. The predicted molar refractivity (Wildman–Crippen MR) is 96.5 cm³/mol. The lowest BCUT2D eigenvalue weighted by atomic mass is 10.1. The van der Waals surface area contributed by atoms with E-state index in [2.05, 4.69) is 10.6 Å². The van der Waals surface area contributed by atoms with E-state index < -0.39 is 30.3 Å². The summed E-state index contributed by atoms with van der Waals surface area (Å²) in [6.45, 7) is 0.846. The van der Waals surface area contributed by atoms with Crippen molar-refractivity contribution >= 4 is 46.4 Å². The Balaban J connectivity index is 1.85. The smallest absolute Gasteiger partial charge is 0.308 e. The number of hydrogen-bond donors (Lipinski definition) is 2. The van der Waals surface area contributed by atoms with E-state index in [9.17, 15) is 18.8 Å². The minimum atomic E-state index is -0.635. The fraction of sp³-hybridized carbons (Fsp3) is 0.235. The van der Waals surface area contributed by atoms with Gasteiger partial charge in [0.05, 0.1) is 17.5 Å². The van der Waals surface area contributed by atoms with Crippen molar-refractivity contribution in [3.05, 3.63) is 51.4 Å². The van der Waals surface area contributed by atoms with Gasteiger partial charge in [0.1, 0.15) is 5.82 Å². The molecule has 1 heterocycles. The number of amides is 2. The Labute approximate surface area is 158 Å². The molecule has 1 unspecified atom stereocenters. The van der Waals surface area contributed by atoms with Crippen LogP contribution in [0.5, 0.6) is 0 Å². The molecule has 2 aromatic rings. The first-order chi connectivity index (χ1) is 12.3. The van der Waals surface area contributed by atoms with Crippen LogP contribution in [0.1, 0.15) is 24.3 Å². The summed E-state index contributed by atoms with van der Waals surface area (Å²) in [5.74, 6) is -2.10. The topological polar surface area (TPSA) is 84.5 Å². The minimum absolute atomic E-state index is 0.101. The molecule has 1 aromatic carbocycles.